The van der Waals surface area contributed by atoms with Crippen LogP contribution in [0.25, 0.3) is 0 Å². The lowest BCUT2D eigenvalue weighted by molar-refractivity contribution is -0.00000137. The van der Waals surface area contributed by atoms with Crippen molar-refractivity contribution in [3.05, 3.63) is 28.7 Å². The summed E-state index contributed by atoms with van der Waals surface area (Å²) in [4.78, 5) is 0. The van der Waals surface area contributed by atoms with Crippen molar-refractivity contribution in [2.45, 2.75) is 0 Å². The van der Waals surface area contributed by atoms with E-state index in [0.29, 0.717) is 0 Å². The van der Waals surface area contributed by atoms with Gasteiger partial charge in [-0.2, -0.15) is 0 Å². The minimum atomic E-state index is 0. The third kappa shape index (κ3) is 3.20. The van der Waals surface area contributed by atoms with Gasteiger partial charge in [0.2, 0.25) is 0 Å². The van der Waals surface area contributed by atoms with Crippen molar-refractivity contribution in [2.75, 3.05) is 0 Å². The van der Waals surface area contributed by atoms with Gasteiger partial charge in [-0.15, -0.1) is 0 Å². The largest absolute Gasteiger partial charge is 1.00 e. The molecule has 3 heteroatoms. The Morgan fingerprint density at radius 2 is 1.56 bits per heavy atom. The van der Waals surface area contributed by atoms with Gasteiger partial charge in [0, 0.05) is 13.7 Å². The van der Waals surface area contributed by atoms with E-state index < -0.39 is 0 Å². The molecule has 0 aliphatic carbocycles. The van der Waals surface area contributed by atoms with Crippen molar-refractivity contribution in [3.63, 3.8) is 0 Å². The molecule has 0 N–H and O–H groups in total. The lowest BCUT2D eigenvalue weighted by Gasteiger charge is -1.84. The quantitative estimate of drug-likeness (QED) is 0.481. The van der Waals surface area contributed by atoms with Gasteiger partial charge in [-0.1, -0.05) is 15.9 Å². The molecule has 0 bridgehead atoms. The SMILES string of the molecule is [Cl-].[PH3+]c1ccc(Br)cc1. The first-order valence-electron chi connectivity index (χ1n) is 2.36. The maximum absolute atomic E-state index is 3.35. The number of hydrogen-bond donors (Lipinski definition) is 0. The molecule has 0 amide bonds. The Morgan fingerprint density at radius 1 is 1.11 bits per heavy atom. The lowest BCUT2D eigenvalue weighted by Crippen LogP contribution is -3.00. The Labute approximate surface area is 71.8 Å². The molecule has 1 rings (SSSR count). The maximum Gasteiger partial charge on any atom is 0.0865 e. The molecule has 1 unspecified atom stereocenters. The molecule has 1 aromatic carbocycles. The standard InChI is InChI=1S/C6H6BrP.ClH/c7-5-1-3-6(8)4-2-5;/h1-4H,8H2;1H. The van der Waals surface area contributed by atoms with E-state index in [9.17, 15) is 0 Å². The van der Waals surface area contributed by atoms with Gasteiger partial charge < -0.3 is 12.4 Å². The van der Waals surface area contributed by atoms with E-state index in [0.717, 1.165) is 4.47 Å². The summed E-state index contributed by atoms with van der Waals surface area (Å²) in [5, 5.41) is 1.33. The van der Waals surface area contributed by atoms with E-state index in [-0.39, 0.29) is 12.4 Å². The van der Waals surface area contributed by atoms with Crippen LogP contribution >= 0.6 is 25.2 Å². The Morgan fingerprint density at radius 3 is 1.89 bits per heavy atom. The molecule has 0 fully saturated rings. The average Bonchev–Trinajstić information content (AvgIpc) is 1.77. The molecule has 0 heterocycles. The van der Waals surface area contributed by atoms with E-state index >= 15 is 0 Å². The van der Waals surface area contributed by atoms with Crippen LogP contribution in [-0.4, -0.2) is 0 Å². The lowest BCUT2D eigenvalue weighted by atomic mass is 10.4. The highest BCUT2D eigenvalue weighted by atomic mass is 79.9. The van der Waals surface area contributed by atoms with Gasteiger partial charge in [0.05, 0.1) is 5.30 Å². The van der Waals surface area contributed by atoms with E-state index in [2.05, 4.69) is 28.1 Å². The number of hydrogen-bond acceptors (Lipinski definition) is 0. The highest BCUT2D eigenvalue weighted by Crippen LogP contribution is 2.05. The van der Waals surface area contributed by atoms with Crippen molar-refractivity contribution < 1.29 is 12.4 Å². The van der Waals surface area contributed by atoms with Crippen molar-refractivity contribution >= 4 is 30.5 Å². The first-order valence-corrected chi connectivity index (χ1v) is 3.86. The van der Waals surface area contributed by atoms with Crippen LogP contribution in [0.1, 0.15) is 0 Å². The summed E-state index contributed by atoms with van der Waals surface area (Å²) in [7, 11) is 1.89. The Kier molecular flexibility index (Phi) is 4.47. The first-order chi connectivity index (χ1) is 3.79. The molecule has 1 atom stereocenters. The zero-order valence-corrected chi connectivity index (χ0v) is 8.53. The fourth-order valence-electron chi connectivity index (χ4n) is 0.484. The summed E-state index contributed by atoms with van der Waals surface area (Å²) in [5.74, 6) is 0. The van der Waals surface area contributed by atoms with Gasteiger partial charge >= 0.3 is 0 Å². The van der Waals surface area contributed by atoms with Crippen molar-refractivity contribution in [3.8, 4) is 0 Å². The molecule has 0 spiro atoms. The summed E-state index contributed by atoms with van der Waals surface area (Å²) in [6.45, 7) is 0. The van der Waals surface area contributed by atoms with Crippen molar-refractivity contribution in [1.29, 1.82) is 0 Å². The van der Waals surface area contributed by atoms with Gasteiger partial charge in [-0.05, 0) is 24.3 Å². The molecule has 0 saturated heterocycles. The molecule has 0 aromatic heterocycles. The monoisotopic (exact) mass is 224 g/mol. The number of benzene rings is 1. The molecule has 0 aliphatic heterocycles. The minimum absolute atomic E-state index is 0. The zero-order valence-electron chi connectivity index (χ0n) is 4.77. The van der Waals surface area contributed by atoms with Crippen LogP contribution in [0.4, 0.5) is 0 Å². The van der Waals surface area contributed by atoms with Gasteiger partial charge in [0.1, 0.15) is 0 Å². The second-order valence-corrected chi connectivity index (χ2v) is 3.36. The molecule has 0 saturated carbocycles. The van der Waals surface area contributed by atoms with Gasteiger partial charge in [0.15, 0.2) is 0 Å². The molecular weight excluding hydrogens is 218 g/mol. The average molecular weight is 225 g/mol. The van der Waals surface area contributed by atoms with Crippen LogP contribution in [0.15, 0.2) is 28.7 Å². The normalized spacial score (nSPS) is 8.56. The first kappa shape index (κ1) is 9.42. The molecule has 0 aliphatic rings. The van der Waals surface area contributed by atoms with Crippen LogP contribution in [-0.2, 0) is 0 Å². The van der Waals surface area contributed by atoms with E-state index in [1.54, 1.807) is 0 Å². The van der Waals surface area contributed by atoms with Gasteiger partial charge in [0.25, 0.3) is 0 Å². The number of halogens is 2. The summed E-state index contributed by atoms with van der Waals surface area (Å²) in [6, 6.07) is 8.26. The van der Waals surface area contributed by atoms with Crippen molar-refractivity contribution in [2.24, 2.45) is 0 Å². The second-order valence-electron chi connectivity index (χ2n) is 1.63. The van der Waals surface area contributed by atoms with Crippen LogP contribution in [0.3, 0.4) is 0 Å². The van der Waals surface area contributed by atoms with Crippen LogP contribution < -0.4 is 17.7 Å². The Bertz CT molecular complexity index is 152. The second kappa shape index (κ2) is 4.27. The van der Waals surface area contributed by atoms with Crippen molar-refractivity contribution in [1.82, 2.24) is 0 Å². The topological polar surface area (TPSA) is 0 Å². The summed E-state index contributed by atoms with van der Waals surface area (Å²) >= 11 is 3.35. The van der Waals surface area contributed by atoms with Crippen LogP contribution in [0.2, 0.25) is 0 Å². The molecular formula is C6H7BrClP. The zero-order chi connectivity index (χ0) is 5.98. The third-order valence-electron chi connectivity index (χ3n) is 0.913. The highest BCUT2D eigenvalue weighted by Gasteiger charge is 1.85. The summed E-state index contributed by atoms with van der Waals surface area (Å²) in [6.07, 6.45) is 0. The predicted octanol–water partition coefficient (Wildman–Crippen LogP) is -1.31. The fourth-order valence-corrected chi connectivity index (χ4v) is 0.984. The number of rotatable bonds is 0. The van der Waals surface area contributed by atoms with Gasteiger partial charge in [-0.3, -0.25) is 0 Å². The molecule has 1 aromatic rings. The summed E-state index contributed by atoms with van der Waals surface area (Å²) < 4.78 is 1.15. The highest BCUT2D eigenvalue weighted by molar-refractivity contribution is 9.10. The smallest absolute Gasteiger partial charge is 0.0865 e. The minimum Gasteiger partial charge on any atom is -1.00 e. The molecule has 0 radical (unpaired) electrons. The van der Waals surface area contributed by atoms with E-state index in [1.165, 1.54) is 5.30 Å². The molecule has 9 heavy (non-hydrogen) atoms. The fraction of sp³-hybridized carbons (Fsp3) is 0. The molecule has 50 valence electrons. The van der Waals surface area contributed by atoms with Gasteiger partial charge in [-0.25, -0.2) is 0 Å². The summed E-state index contributed by atoms with van der Waals surface area (Å²) in [5.41, 5.74) is 0. The third-order valence-corrected chi connectivity index (χ3v) is 1.91. The van der Waals surface area contributed by atoms with Crippen LogP contribution in [0.5, 0.6) is 0 Å². The Hall–Kier alpha value is 0.420. The predicted molar refractivity (Wildman–Crippen MR) is 44.9 cm³/mol. The van der Waals surface area contributed by atoms with E-state index in [1.807, 2.05) is 21.4 Å². The van der Waals surface area contributed by atoms with E-state index in [4.69, 9.17) is 0 Å². The Balaban J connectivity index is 0.000000640. The van der Waals surface area contributed by atoms with Crippen LogP contribution in [0, 0.1) is 0 Å². The maximum atomic E-state index is 3.35. The molecule has 0 nitrogen and oxygen atoms in total.